The number of rotatable bonds is 7. The van der Waals surface area contributed by atoms with Gasteiger partial charge in [0.15, 0.2) is 0 Å². The van der Waals surface area contributed by atoms with Crippen LogP contribution in [0.5, 0.6) is 0 Å². The quantitative estimate of drug-likeness (QED) is 0.157. The van der Waals surface area contributed by atoms with Gasteiger partial charge in [-0.15, -0.1) is 0 Å². The largest absolute Gasteiger partial charge is 0.417 e. The van der Waals surface area contributed by atoms with Crippen molar-refractivity contribution in [2.24, 2.45) is 0 Å². The molecule has 352 valence electrons. The molecule has 0 fully saturated rings. The van der Waals surface area contributed by atoms with Crippen molar-refractivity contribution >= 4 is 43.6 Å². The zero-order chi connectivity index (χ0) is 50.3. The number of fused-ring (bicyclic) bond motifs is 6. The minimum absolute atomic E-state index is 0.0190. The molecule has 0 saturated heterocycles. The highest BCUT2D eigenvalue weighted by atomic mass is 19.4. The zero-order valence-corrected chi connectivity index (χ0v) is 41.0. The Morgan fingerprint density at radius 2 is 0.644 bits per heavy atom. The van der Waals surface area contributed by atoms with E-state index in [0.717, 1.165) is 110 Å². The van der Waals surface area contributed by atoms with Gasteiger partial charge in [-0.05, 0) is 151 Å². The first-order valence-corrected chi connectivity index (χ1v) is 24.5. The summed E-state index contributed by atoms with van der Waals surface area (Å²) in [5.41, 5.74) is 17.6. The van der Waals surface area contributed by atoms with Crippen LogP contribution >= 0.6 is 0 Å². The number of halogens is 3. The molecule has 3 nitrogen and oxygen atoms in total. The van der Waals surface area contributed by atoms with Crippen molar-refractivity contribution in [3.05, 3.63) is 239 Å². The van der Waals surface area contributed by atoms with E-state index in [4.69, 9.17) is 0 Å². The van der Waals surface area contributed by atoms with Crippen LogP contribution in [0, 0.1) is 45.9 Å². The molecule has 0 atom stereocenters. The van der Waals surface area contributed by atoms with E-state index in [9.17, 15) is 5.26 Å². The molecule has 0 spiro atoms. The molecule has 12 rings (SSSR count). The lowest BCUT2D eigenvalue weighted by Crippen LogP contribution is -2.10. The van der Waals surface area contributed by atoms with Crippen LogP contribution in [0.25, 0.3) is 111 Å². The molecule has 0 unspecified atom stereocenters. The van der Waals surface area contributed by atoms with E-state index >= 15 is 13.2 Å². The molecule has 2 aromatic heterocycles. The Balaban J connectivity index is 1.17. The van der Waals surface area contributed by atoms with Gasteiger partial charge in [0.25, 0.3) is 0 Å². The molecule has 0 saturated carbocycles. The van der Waals surface area contributed by atoms with Crippen LogP contribution in [0.2, 0.25) is 0 Å². The maximum Gasteiger partial charge on any atom is 0.417 e. The molecule has 0 aliphatic heterocycles. The van der Waals surface area contributed by atoms with E-state index in [1.54, 1.807) is 25.1 Å². The Kier molecular flexibility index (Phi) is 10.8. The molecule has 0 amide bonds. The van der Waals surface area contributed by atoms with Crippen molar-refractivity contribution < 1.29 is 13.2 Å². The van der Waals surface area contributed by atoms with Crippen LogP contribution in [-0.2, 0) is 6.18 Å². The summed E-state index contributed by atoms with van der Waals surface area (Å²) >= 11 is 0. The highest BCUT2D eigenvalue weighted by molar-refractivity contribution is 6.14. The lowest BCUT2D eigenvalue weighted by atomic mass is 9.93. The van der Waals surface area contributed by atoms with Gasteiger partial charge in [0.05, 0.1) is 44.6 Å². The maximum absolute atomic E-state index is 15.6. The summed E-state index contributed by atoms with van der Waals surface area (Å²) in [7, 11) is 0. The first-order chi connectivity index (χ1) is 35.3. The van der Waals surface area contributed by atoms with E-state index < -0.39 is 11.7 Å². The minimum atomic E-state index is -4.69. The fourth-order valence-corrected chi connectivity index (χ4v) is 10.6. The molecule has 73 heavy (non-hydrogen) atoms. The fourth-order valence-electron chi connectivity index (χ4n) is 10.6. The first kappa shape index (κ1) is 45.2. The van der Waals surface area contributed by atoms with Gasteiger partial charge >= 0.3 is 6.18 Å². The normalized spacial score (nSPS) is 11.8. The van der Waals surface area contributed by atoms with Gasteiger partial charge < -0.3 is 9.13 Å². The molecule has 0 bridgehead atoms. The number of aryl methyl sites for hydroxylation is 5. The highest BCUT2D eigenvalue weighted by Crippen LogP contribution is 2.46. The Labute approximate surface area is 422 Å². The highest BCUT2D eigenvalue weighted by Gasteiger charge is 2.35. The number of hydrogen-bond donors (Lipinski definition) is 0. The van der Waals surface area contributed by atoms with Crippen LogP contribution in [0.15, 0.2) is 200 Å². The van der Waals surface area contributed by atoms with Crippen molar-refractivity contribution in [3.63, 3.8) is 0 Å². The van der Waals surface area contributed by atoms with Crippen LogP contribution in [-0.4, -0.2) is 9.13 Å². The molecule has 0 aliphatic carbocycles. The van der Waals surface area contributed by atoms with Gasteiger partial charge in [0.2, 0.25) is 0 Å². The molecule has 0 N–H and O–H groups in total. The third-order valence-corrected chi connectivity index (χ3v) is 14.6. The van der Waals surface area contributed by atoms with Crippen molar-refractivity contribution in [2.75, 3.05) is 0 Å². The van der Waals surface area contributed by atoms with Crippen molar-refractivity contribution in [2.45, 2.75) is 40.8 Å². The number of hydrogen-bond acceptors (Lipinski definition) is 1. The molecular weight excluding hydrogens is 904 g/mol. The zero-order valence-electron chi connectivity index (χ0n) is 41.0. The molecule has 0 radical (unpaired) electrons. The van der Waals surface area contributed by atoms with Gasteiger partial charge in [0, 0.05) is 27.1 Å². The molecule has 10 aromatic carbocycles. The third-order valence-electron chi connectivity index (χ3n) is 14.6. The summed E-state index contributed by atoms with van der Waals surface area (Å²) in [4.78, 5) is 0. The van der Waals surface area contributed by atoms with E-state index in [1.165, 1.54) is 6.07 Å². The summed E-state index contributed by atoms with van der Waals surface area (Å²) in [6.07, 6.45) is -4.69. The van der Waals surface area contributed by atoms with E-state index in [0.29, 0.717) is 28.1 Å². The molecular formula is C67H48F3N3. The second kappa shape index (κ2) is 17.4. The molecule has 6 heteroatoms. The molecule has 2 heterocycles. The Hall–Kier alpha value is -8.92. The smallest absolute Gasteiger partial charge is 0.309 e. The lowest BCUT2D eigenvalue weighted by Gasteiger charge is -2.21. The Morgan fingerprint density at radius 1 is 0.329 bits per heavy atom. The third kappa shape index (κ3) is 7.95. The summed E-state index contributed by atoms with van der Waals surface area (Å²) in [6, 6.07) is 69.7. The first-order valence-electron chi connectivity index (χ1n) is 24.5. The van der Waals surface area contributed by atoms with Gasteiger partial charge in [-0.25, -0.2) is 0 Å². The van der Waals surface area contributed by atoms with Crippen LogP contribution in [0.3, 0.4) is 0 Å². The minimum Gasteiger partial charge on any atom is -0.309 e. The van der Waals surface area contributed by atoms with Gasteiger partial charge in [0.1, 0.15) is 6.07 Å². The summed E-state index contributed by atoms with van der Waals surface area (Å²) in [6.45, 7) is 9.95. The van der Waals surface area contributed by atoms with Gasteiger partial charge in [-0.1, -0.05) is 161 Å². The van der Waals surface area contributed by atoms with E-state index in [-0.39, 0.29) is 5.56 Å². The van der Waals surface area contributed by atoms with E-state index in [2.05, 4.69) is 213 Å². The number of aromatic nitrogens is 2. The Bertz CT molecular complexity index is 4000. The van der Waals surface area contributed by atoms with Gasteiger partial charge in [-0.3, -0.25) is 0 Å². The molecule has 0 aliphatic rings. The number of benzene rings is 10. The van der Waals surface area contributed by atoms with E-state index in [1.807, 2.05) is 6.07 Å². The predicted octanol–water partition coefficient (Wildman–Crippen LogP) is 18.6. The second-order valence-electron chi connectivity index (χ2n) is 19.6. The average Bonchev–Trinajstić information content (AvgIpc) is 3.90. The van der Waals surface area contributed by atoms with Crippen LogP contribution in [0.4, 0.5) is 13.2 Å². The second-order valence-corrected chi connectivity index (χ2v) is 19.6. The van der Waals surface area contributed by atoms with Crippen molar-refractivity contribution in [1.29, 1.82) is 5.26 Å². The lowest BCUT2D eigenvalue weighted by molar-refractivity contribution is -0.137. The summed E-state index contributed by atoms with van der Waals surface area (Å²) in [5.74, 6) is 0. The van der Waals surface area contributed by atoms with Gasteiger partial charge in [-0.2, -0.15) is 18.4 Å². The Morgan fingerprint density at radius 3 is 0.973 bits per heavy atom. The topological polar surface area (TPSA) is 33.6 Å². The maximum atomic E-state index is 15.6. The molecule has 12 aromatic rings. The summed E-state index contributed by atoms with van der Waals surface area (Å²) in [5, 5.41) is 15.2. The van der Waals surface area contributed by atoms with Crippen molar-refractivity contribution in [3.8, 4) is 73.1 Å². The van der Waals surface area contributed by atoms with Crippen LogP contribution in [0.1, 0.15) is 38.9 Å². The monoisotopic (exact) mass is 951 g/mol. The standard InChI is InChI=1S/C67H48F3N3/c1-40-6-15-45(16-7-40)49-23-28-61-55(33-49)56-34-50(46-17-8-41(2)9-18-46)24-29-62(56)72(61)65-38-59(54-27-14-44(5)32-60(54)67(68,69)70)66(37-53(65)39-71)73-63-30-25-51(47-19-10-42(3)11-20-47)35-57(63)58-36-52(26-31-64(58)73)48-21-12-43(4)13-22-48/h6-38H,1-5H3. The summed E-state index contributed by atoms with van der Waals surface area (Å²) < 4.78 is 51.0. The van der Waals surface area contributed by atoms with Crippen LogP contribution < -0.4 is 0 Å². The number of nitriles is 1. The number of alkyl halides is 3. The SMILES string of the molecule is Cc1ccc(-c2ccc3c(c2)c2cc(-c4ccc(C)cc4)ccc2n3-c2cc(-c3ccc(C)cc3C(F)(F)F)c(-n3c4ccc(-c5ccc(C)cc5)cc4c4cc(-c5ccc(C)cc5)ccc43)cc2C#N)cc1. The average molecular weight is 952 g/mol. The fraction of sp³-hybridized carbons (Fsp3) is 0.0896. The van der Waals surface area contributed by atoms with Crippen molar-refractivity contribution in [1.82, 2.24) is 9.13 Å². The number of nitrogens with zero attached hydrogens (tertiary/aromatic N) is 3. The predicted molar refractivity (Wildman–Crippen MR) is 296 cm³/mol.